The van der Waals surface area contributed by atoms with Gasteiger partial charge in [0.15, 0.2) is 5.84 Å². The number of oxime groups is 1. The molecule has 1 fully saturated rings. The first kappa shape index (κ1) is 13.2. The Balaban J connectivity index is 2.89. The van der Waals surface area contributed by atoms with E-state index >= 15 is 0 Å². The van der Waals surface area contributed by atoms with Crippen LogP contribution < -0.4 is 10.5 Å². The summed E-state index contributed by atoms with van der Waals surface area (Å²) < 4.78 is 26.0. The molecule has 6 nitrogen and oxygen atoms in total. The van der Waals surface area contributed by atoms with Crippen LogP contribution in [0.2, 0.25) is 0 Å². The van der Waals surface area contributed by atoms with Gasteiger partial charge in [0.2, 0.25) is 10.0 Å². The number of hydrogen-bond donors (Lipinski definition) is 3. The van der Waals surface area contributed by atoms with Crippen LogP contribution in [0, 0.1) is 0 Å². The van der Waals surface area contributed by atoms with Crippen molar-refractivity contribution in [1.29, 1.82) is 0 Å². The van der Waals surface area contributed by atoms with E-state index in [1.165, 1.54) is 0 Å². The molecular weight excluding hydrogens is 230 g/mol. The molecule has 0 aromatic rings. The van der Waals surface area contributed by atoms with Gasteiger partial charge in [-0.2, -0.15) is 0 Å². The zero-order valence-electron chi connectivity index (χ0n) is 9.44. The SMILES string of the molecule is CCCS(=O)(=O)NC1(/C(N)=N/O)CCCC1. The number of amidine groups is 1. The van der Waals surface area contributed by atoms with E-state index in [9.17, 15) is 8.42 Å². The third-order valence-corrected chi connectivity index (χ3v) is 4.53. The highest BCUT2D eigenvalue weighted by molar-refractivity contribution is 7.89. The highest BCUT2D eigenvalue weighted by atomic mass is 32.2. The predicted molar refractivity (Wildman–Crippen MR) is 61.8 cm³/mol. The summed E-state index contributed by atoms with van der Waals surface area (Å²) in [6.45, 7) is 1.80. The van der Waals surface area contributed by atoms with E-state index in [1.54, 1.807) is 6.92 Å². The normalized spacial score (nSPS) is 21.2. The number of nitrogens with zero attached hydrogens (tertiary/aromatic N) is 1. The molecule has 7 heteroatoms. The van der Waals surface area contributed by atoms with Crippen LogP contribution in [0.4, 0.5) is 0 Å². The summed E-state index contributed by atoms with van der Waals surface area (Å²) in [5, 5.41) is 11.7. The van der Waals surface area contributed by atoms with Gasteiger partial charge in [-0.3, -0.25) is 0 Å². The molecule has 0 spiro atoms. The Labute approximate surface area is 95.9 Å². The van der Waals surface area contributed by atoms with Crippen LogP contribution in [0.25, 0.3) is 0 Å². The fourth-order valence-electron chi connectivity index (χ4n) is 2.10. The van der Waals surface area contributed by atoms with Crippen LogP contribution in [-0.2, 0) is 10.0 Å². The molecule has 0 aromatic heterocycles. The molecule has 1 rings (SSSR count). The van der Waals surface area contributed by atoms with Crippen molar-refractivity contribution in [3.8, 4) is 0 Å². The van der Waals surface area contributed by atoms with Crippen molar-refractivity contribution < 1.29 is 13.6 Å². The van der Waals surface area contributed by atoms with Crippen molar-refractivity contribution in [3.05, 3.63) is 0 Å². The molecule has 0 amide bonds. The van der Waals surface area contributed by atoms with Gasteiger partial charge in [-0.1, -0.05) is 24.9 Å². The Morgan fingerprint density at radius 1 is 1.50 bits per heavy atom. The maximum Gasteiger partial charge on any atom is 0.212 e. The van der Waals surface area contributed by atoms with E-state index in [4.69, 9.17) is 10.9 Å². The molecule has 0 aliphatic heterocycles. The van der Waals surface area contributed by atoms with E-state index < -0.39 is 15.6 Å². The third-order valence-electron chi connectivity index (χ3n) is 2.88. The molecule has 0 radical (unpaired) electrons. The number of hydrogen-bond acceptors (Lipinski definition) is 4. The van der Waals surface area contributed by atoms with Crippen LogP contribution in [-0.4, -0.2) is 30.8 Å². The van der Waals surface area contributed by atoms with Crippen molar-refractivity contribution in [2.45, 2.75) is 44.6 Å². The van der Waals surface area contributed by atoms with Gasteiger partial charge in [0, 0.05) is 0 Å². The molecule has 94 valence electrons. The fraction of sp³-hybridized carbons (Fsp3) is 0.889. The zero-order chi connectivity index (χ0) is 12.2. The Kier molecular flexibility index (Phi) is 4.15. The largest absolute Gasteiger partial charge is 0.409 e. The maximum atomic E-state index is 11.7. The molecule has 1 aliphatic carbocycles. The van der Waals surface area contributed by atoms with Gasteiger partial charge in [-0.25, -0.2) is 13.1 Å². The highest BCUT2D eigenvalue weighted by Gasteiger charge is 2.41. The second kappa shape index (κ2) is 5.01. The van der Waals surface area contributed by atoms with Gasteiger partial charge in [-0.05, 0) is 19.3 Å². The van der Waals surface area contributed by atoms with E-state index in [0.717, 1.165) is 12.8 Å². The zero-order valence-corrected chi connectivity index (χ0v) is 10.3. The molecule has 0 atom stereocenters. The van der Waals surface area contributed by atoms with Gasteiger partial charge in [0.05, 0.1) is 11.3 Å². The number of sulfonamides is 1. The van der Waals surface area contributed by atoms with Gasteiger partial charge in [0.1, 0.15) is 0 Å². The first-order valence-corrected chi connectivity index (χ1v) is 7.10. The van der Waals surface area contributed by atoms with Crippen LogP contribution in [0.5, 0.6) is 0 Å². The first-order chi connectivity index (χ1) is 7.46. The lowest BCUT2D eigenvalue weighted by Gasteiger charge is -2.28. The first-order valence-electron chi connectivity index (χ1n) is 5.45. The predicted octanol–water partition coefficient (Wildman–Crippen LogP) is 0.375. The molecule has 0 heterocycles. The van der Waals surface area contributed by atoms with Crippen molar-refractivity contribution in [1.82, 2.24) is 4.72 Å². The topological polar surface area (TPSA) is 105 Å². The molecule has 0 bridgehead atoms. The average Bonchev–Trinajstić information content (AvgIpc) is 2.65. The minimum atomic E-state index is -3.35. The van der Waals surface area contributed by atoms with Crippen molar-refractivity contribution in [2.75, 3.05) is 5.75 Å². The molecule has 16 heavy (non-hydrogen) atoms. The van der Waals surface area contributed by atoms with Crippen molar-refractivity contribution in [2.24, 2.45) is 10.9 Å². The fourth-order valence-corrected chi connectivity index (χ4v) is 3.65. The summed E-state index contributed by atoms with van der Waals surface area (Å²) in [5.74, 6) is 0.0256. The summed E-state index contributed by atoms with van der Waals surface area (Å²) in [4.78, 5) is 0. The Bertz CT molecular complexity index is 358. The summed E-state index contributed by atoms with van der Waals surface area (Å²) in [7, 11) is -3.35. The second-order valence-electron chi connectivity index (χ2n) is 4.20. The number of nitrogens with two attached hydrogens (primary N) is 1. The van der Waals surface area contributed by atoms with Crippen LogP contribution in [0.1, 0.15) is 39.0 Å². The summed E-state index contributed by atoms with van der Waals surface area (Å²) in [6, 6.07) is 0. The second-order valence-corrected chi connectivity index (χ2v) is 6.04. The van der Waals surface area contributed by atoms with Crippen LogP contribution in [0.3, 0.4) is 0 Å². The van der Waals surface area contributed by atoms with E-state index in [-0.39, 0.29) is 11.6 Å². The Morgan fingerprint density at radius 3 is 2.50 bits per heavy atom. The number of rotatable bonds is 5. The lowest BCUT2D eigenvalue weighted by atomic mass is 9.98. The van der Waals surface area contributed by atoms with Crippen molar-refractivity contribution >= 4 is 15.9 Å². The molecule has 1 aliphatic rings. The Hall–Kier alpha value is -0.820. The Morgan fingerprint density at radius 2 is 2.06 bits per heavy atom. The summed E-state index contributed by atoms with van der Waals surface area (Å²) in [6.07, 6.45) is 3.48. The van der Waals surface area contributed by atoms with Gasteiger partial charge in [-0.15, -0.1) is 0 Å². The highest BCUT2D eigenvalue weighted by Crippen LogP contribution is 2.30. The number of nitrogens with one attached hydrogen (secondary N) is 1. The van der Waals surface area contributed by atoms with Crippen LogP contribution in [0.15, 0.2) is 5.16 Å². The lowest BCUT2D eigenvalue weighted by molar-refractivity contribution is 0.309. The smallest absolute Gasteiger partial charge is 0.212 e. The molecule has 0 unspecified atom stereocenters. The summed E-state index contributed by atoms with van der Waals surface area (Å²) in [5.41, 5.74) is 4.72. The van der Waals surface area contributed by atoms with Crippen molar-refractivity contribution in [3.63, 3.8) is 0 Å². The van der Waals surface area contributed by atoms with Crippen LogP contribution >= 0.6 is 0 Å². The quantitative estimate of drug-likeness (QED) is 0.283. The average molecular weight is 249 g/mol. The summed E-state index contributed by atoms with van der Waals surface area (Å²) >= 11 is 0. The molecule has 4 N–H and O–H groups in total. The van der Waals surface area contributed by atoms with Gasteiger partial charge in [0.25, 0.3) is 0 Å². The van der Waals surface area contributed by atoms with E-state index in [1.807, 2.05) is 0 Å². The van der Waals surface area contributed by atoms with E-state index in [0.29, 0.717) is 19.3 Å². The molecule has 1 saturated carbocycles. The molecular formula is C9H19N3O3S. The molecule has 0 saturated heterocycles. The standard InChI is InChI=1S/C9H19N3O3S/c1-2-7-16(14,15)12-9(8(10)11-13)5-3-4-6-9/h12-13H,2-7H2,1H3,(H2,10,11). The van der Waals surface area contributed by atoms with E-state index in [2.05, 4.69) is 9.88 Å². The van der Waals surface area contributed by atoms with Gasteiger partial charge >= 0.3 is 0 Å². The minimum absolute atomic E-state index is 0.0373. The lowest BCUT2D eigenvalue weighted by Crippen LogP contribution is -2.56. The minimum Gasteiger partial charge on any atom is -0.409 e. The third kappa shape index (κ3) is 2.85. The maximum absolute atomic E-state index is 11.7. The van der Waals surface area contributed by atoms with Gasteiger partial charge < -0.3 is 10.9 Å². The monoisotopic (exact) mass is 249 g/mol. The molecule has 0 aromatic carbocycles.